The maximum Gasteiger partial charge on any atom is 0.247 e. The lowest BCUT2D eigenvalue weighted by Gasteiger charge is -2.19. The average Bonchev–Trinajstić information content (AvgIpc) is 2.62. The molecule has 0 radical (unpaired) electrons. The van der Waals surface area contributed by atoms with Crippen molar-refractivity contribution in [3.8, 4) is 5.75 Å². The molecule has 2 aromatic carbocycles. The van der Waals surface area contributed by atoms with E-state index in [1.165, 1.54) is 19.2 Å². The van der Waals surface area contributed by atoms with Gasteiger partial charge in [-0.3, -0.25) is 4.79 Å². The van der Waals surface area contributed by atoms with Gasteiger partial charge >= 0.3 is 0 Å². The molecule has 0 fully saturated rings. The fourth-order valence-electron chi connectivity index (χ4n) is 2.38. The molecule has 0 spiro atoms. The molecule has 0 heterocycles. The lowest BCUT2D eigenvalue weighted by molar-refractivity contribution is -0.121. The minimum atomic E-state index is -3.93. The van der Waals surface area contributed by atoms with E-state index in [9.17, 15) is 13.2 Å². The number of nitrogens with one attached hydrogen (secondary N) is 1. The number of carbonyl (C=O) groups excluding carboxylic acids is 1. The Kier molecular flexibility index (Phi) is 7.24. The van der Waals surface area contributed by atoms with E-state index >= 15 is 0 Å². The molecule has 0 unspecified atom stereocenters. The Morgan fingerprint density at radius 2 is 1.85 bits per heavy atom. The van der Waals surface area contributed by atoms with Crippen LogP contribution in [0.1, 0.15) is 18.1 Å². The largest absolute Gasteiger partial charge is 0.492 e. The van der Waals surface area contributed by atoms with Crippen LogP contribution in [-0.4, -0.2) is 38.8 Å². The summed E-state index contributed by atoms with van der Waals surface area (Å²) in [6.07, 6.45) is 0. The minimum Gasteiger partial charge on any atom is -0.492 e. The summed E-state index contributed by atoms with van der Waals surface area (Å²) in [6, 6.07) is 12.1. The topological polar surface area (TPSA) is 75.7 Å². The molecule has 0 bridgehead atoms. The van der Waals surface area contributed by atoms with Crippen LogP contribution in [0.2, 0.25) is 5.02 Å². The standard InChI is InChI=1S/C19H23ClN2O4S/c1-4-26-17-10-9-16(20)11-18(17)27(24,25)22(3)13-19(23)21-12-15-7-5-14(2)6-8-15/h5-11H,4,12-13H2,1-3H3,(H,21,23). The summed E-state index contributed by atoms with van der Waals surface area (Å²) in [5, 5.41) is 2.99. The van der Waals surface area contributed by atoms with Gasteiger partial charge in [-0.1, -0.05) is 41.4 Å². The molecule has 0 saturated carbocycles. The van der Waals surface area contributed by atoms with Crippen LogP contribution in [0.5, 0.6) is 5.75 Å². The molecule has 27 heavy (non-hydrogen) atoms. The van der Waals surface area contributed by atoms with E-state index in [0.717, 1.165) is 15.4 Å². The summed E-state index contributed by atoms with van der Waals surface area (Å²) in [6.45, 7) is 4.06. The maximum atomic E-state index is 12.8. The van der Waals surface area contributed by atoms with Crippen molar-refractivity contribution in [1.82, 2.24) is 9.62 Å². The summed E-state index contributed by atoms with van der Waals surface area (Å²) in [5.41, 5.74) is 2.07. The third-order valence-electron chi connectivity index (χ3n) is 3.87. The van der Waals surface area contributed by atoms with Crippen LogP contribution in [0.25, 0.3) is 0 Å². The lowest BCUT2D eigenvalue weighted by atomic mass is 10.1. The first-order chi connectivity index (χ1) is 12.7. The van der Waals surface area contributed by atoms with Crippen molar-refractivity contribution in [2.24, 2.45) is 0 Å². The van der Waals surface area contributed by atoms with Gasteiger partial charge in [0.05, 0.1) is 13.2 Å². The Bertz CT molecular complexity index is 898. The summed E-state index contributed by atoms with van der Waals surface area (Å²) < 4.78 is 32.0. The number of benzene rings is 2. The predicted octanol–water partition coefficient (Wildman–Crippen LogP) is 2.98. The number of carbonyl (C=O) groups is 1. The van der Waals surface area contributed by atoms with Crippen LogP contribution in [-0.2, 0) is 21.4 Å². The Balaban J connectivity index is 2.07. The highest BCUT2D eigenvalue weighted by molar-refractivity contribution is 7.89. The van der Waals surface area contributed by atoms with Crippen LogP contribution < -0.4 is 10.1 Å². The number of aryl methyl sites for hydroxylation is 1. The van der Waals surface area contributed by atoms with Crippen molar-refractivity contribution in [3.63, 3.8) is 0 Å². The number of hydrogen-bond acceptors (Lipinski definition) is 4. The molecule has 0 aliphatic heterocycles. The average molecular weight is 411 g/mol. The quantitative estimate of drug-likeness (QED) is 0.725. The predicted molar refractivity (Wildman–Crippen MR) is 105 cm³/mol. The van der Waals surface area contributed by atoms with Crippen molar-refractivity contribution in [1.29, 1.82) is 0 Å². The van der Waals surface area contributed by atoms with Gasteiger partial charge in [0, 0.05) is 18.6 Å². The number of amides is 1. The Hall–Kier alpha value is -2.09. The van der Waals surface area contributed by atoms with Gasteiger partial charge in [-0.15, -0.1) is 0 Å². The SMILES string of the molecule is CCOc1ccc(Cl)cc1S(=O)(=O)N(C)CC(=O)NCc1ccc(C)cc1. The van der Waals surface area contributed by atoms with E-state index in [4.69, 9.17) is 16.3 Å². The van der Waals surface area contributed by atoms with E-state index < -0.39 is 15.9 Å². The van der Waals surface area contributed by atoms with Gasteiger partial charge in [-0.2, -0.15) is 4.31 Å². The normalized spacial score (nSPS) is 11.4. The van der Waals surface area contributed by atoms with E-state index in [1.54, 1.807) is 13.0 Å². The lowest BCUT2D eigenvalue weighted by Crippen LogP contribution is -2.38. The summed E-state index contributed by atoms with van der Waals surface area (Å²) in [7, 11) is -2.59. The molecule has 146 valence electrons. The van der Waals surface area contributed by atoms with E-state index in [1.807, 2.05) is 31.2 Å². The molecular formula is C19H23ClN2O4S. The van der Waals surface area contributed by atoms with E-state index in [2.05, 4.69) is 5.32 Å². The van der Waals surface area contributed by atoms with Gasteiger partial charge in [0.25, 0.3) is 0 Å². The Morgan fingerprint density at radius 3 is 2.48 bits per heavy atom. The second kappa shape index (κ2) is 9.21. The molecule has 0 aromatic heterocycles. The molecular weight excluding hydrogens is 388 g/mol. The Labute approximate surface area is 165 Å². The number of likely N-dealkylation sites (N-methyl/N-ethyl adjacent to an activating group) is 1. The number of sulfonamides is 1. The molecule has 1 amide bonds. The molecule has 0 atom stereocenters. The van der Waals surface area contributed by atoms with Gasteiger partial charge in [0.2, 0.25) is 15.9 Å². The molecule has 1 N–H and O–H groups in total. The Morgan fingerprint density at radius 1 is 1.19 bits per heavy atom. The van der Waals surface area contributed by atoms with Gasteiger partial charge in [-0.25, -0.2) is 8.42 Å². The highest BCUT2D eigenvalue weighted by Crippen LogP contribution is 2.29. The fraction of sp³-hybridized carbons (Fsp3) is 0.316. The van der Waals surface area contributed by atoms with Crippen LogP contribution in [0.15, 0.2) is 47.4 Å². The molecule has 2 aromatic rings. The third kappa shape index (κ3) is 5.69. The smallest absolute Gasteiger partial charge is 0.247 e. The second-order valence-corrected chi connectivity index (χ2v) is 8.50. The molecule has 0 aliphatic carbocycles. The van der Waals surface area contributed by atoms with Crippen molar-refractivity contribution in [2.75, 3.05) is 20.2 Å². The van der Waals surface area contributed by atoms with Gasteiger partial charge < -0.3 is 10.1 Å². The zero-order valence-corrected chi connectivity index (χ0v) is 17.1. The monoisotopic (exact) mass is 410 g/mol. The van der Waals surface area contributed by atoms with E-state index in [-0.39, 0.29) is 22.2 Å². The highest BCUT2D eigenvalue weighted by Gasteiger charge is 2.27. The van der Waals surface area contributed by atoms with Crippen LogP contribution in [0, 0.1) is 6.92 Å². The molecule has 6 nitrogen and oxygen atoms in total. The number of hydrogen-bond donors (Lipinski definition) is 1. The summed E-state index contributed by atoms with van der Waals surface area (Å²) >= 11 is 5.94. The zero-order chi connectivity index (χ0) is 20.0. The number of halogens is 1. The summed E-state index contributed by atoms with van der Waals surface area (Å²) in [4.78, 5) is 12.1. The highest BCUT2D eigenvalue weighted by atomic mass is 35.5. The van der Waals surface area contributed by atoms with Crippen molar-refractivity contribution < 1.29 is 17.9 Å². The summed E-state index contributed by atoms with van der Waals surface area (Å²) in [5.74, 6) is -0.199. The number of nitrogens with zero attached hydrogens (tertiary/aromatic N) is 1. The van der Waals surface area contributed by atoms with Crippen LogP contribution in [0.3, 0.4) is 0 Å². The number of rotatable bonds is 8. The zero-order valence-electron chi connectivity index (χ0n) is 15.5. The van der Waals surface area contributed by atoms with Crippen molar-refractivity contribution >= 4 is 27.5 Å². The van der Waals surface area contributed by atoms with E-state index in [0.29, 0.717) is 13.2 Å². The maximum absolute atomic E-state index is 12.8. The molecule has 8 heteroatoms. The van der Waals surface area contributed by atoms with Gasteiger partial charge in [0.1, 0.15) is 10.6 Å². The third-order valence-corrected chi connectivity index (χ3v) is 5.93. The second-order valence-electron chi connectivity index (χ2n) is 6.05. The molecule has 2 rings (SSSR count). The molecule has 0 saturated heterocycles. The first kappa shape index (κ1) is 21.2. The van der Waals surface area contributed by atoms with Gasteiger partial charge in [-0.05, 0) is 37.6 Å². The first-order valence-electron chi connectivity index (χ1n) is 8.45. The van der Waals surface area contributed by atoms with Crippen LogP contribution >= 0.6 is 11.6 Å². The first-order valence-corrected chi connectivity index (χ1v) is 10.3. The minimum absolute atomic E-state index is 0.0642. The van der Waals surface area contributed by atoms with Gasteiger partial charge in [0.15, 0.2) is 0 Å². The fourth-order valence-corrected chi connectivity index (χ4v) is 3.89. The van der Waals surface area contributed by atoms with Crippen molar-refractivity contribution in [3.05, 3.63) is 58.6 Å². The number of ether oxygens (including phenoxy) is 1. The van der Waals surface area contributed by atoms with Crippen LogP contribution in [0.4, 0.5) is 0 Å². The molecule has 0 aliphatic rings. The van der Waals surface area contributed by atoms with Crippen molar-refractivity contribution in [2.45, 2.75) is 25.3 Å².